The van der Waals surface area contributed by atoms with Crippen molar-refractivity contribution in [3.63, 3.8) is 0 Å². The molecule has 2 rings (SSSR count). The van der Waals surface area contributed by atoms with Crippen LogP contribution < -0.4 is 16.4 Å². The molecule has 1 aliphatic carbocycles. The van der Waals surface area contributed by atoms with Gasteiger partial charge in [-0.2, -0.15) is 0 Å². The summed E-state index contributed by atoms with van der Waals surface area (Å²) in [7, 11) is 0. The predicted molar refractivity (Wildman–Crippen MR) is 77.8 cm³/mol. The number of nitrogens with two attached hydrogens (primary N) is 1. The van der Waals surface area contributed by atoms with Crippen molar-refractivity contribution in [2.24, 2.45) is 5.92 Å². The number of nitrogen functional groups attached to an aromatic ring is 1. The molecule has 1 aromatic rings. The Bertz CT molecular complexity index is 457. The standard InChI is InChI=1S/C15H23N3O/c1-10(2)8-18-15(19)9-17-14-6-3-11-7-12(16)4-5-13(11)14/h4-5,7,10,14,17H,3,6,8-9,16H2,1-2H3,(H,18,19). The number of anilines is 1. The molecule has 0 fully saturated rings. The van der Waals surface area contributed by atoms with Gasteiger partial charge in [0.15, 0.2) is 0 Å². The summed E-state index contributed by atoms with van der Waals surface area (Å²) in [5.41, 5.74) is 9.18. The third-order valence-electron chi connectivity index (χ3n) is 3.46. The second-order valence-corrected chi connectivity index (χ2v) is 5.63. The van der Waals surface area contributed by atoms with E-state index in [2.05, 4.69) is 30.5 Å². The molecule has 0 aromatic heterocycles. The Morgan fingerprint density at radius 1 is 1.47 bits per heavy atom. The molecule has 4 nitrogen and oxygen atoms in total. The van der Waals surface area contributed by atoms with E-state index in [1.54, 1.807) is 0 Å². The second-order valence-electron chi connectivity index (χ2n) is 5.63. The number of hydrogen-bond acceptors (Lipinski definition) is 3. The fourth-order valence-electron chi connectivity index (χ4n) is 2.45. The number of fused-ring (bicyclic) bond motifs is 1. The molecular weight excluding hydrogens is 238 g/mol. The van der Waals surface area contributed by atoms with Crippen molar-refractivity contribution in [3.05, 3.63) is 29.3 Å². The number of benzene rings is 1. The van der Waals surface area contributed by atoms with Gasteiger partial charge in [-0.25, -0.2) is 0 Å². The molecular formula is C15H23N3O. The Kier molecular flexibility index (Phi) is 4.43. The monoisotopic (exact) mass is 261 g/mol. The van der Waals surface area contributed by atoms with Crippen molar-refractivity contribution in [3.8, 4) is 0 Å². The molecule has 0 saturated heterocycles. The van der Waals surface area contributed by atoms with Crippen LogP contribution in [-0.4, -0.2) is 19.0 Å². The van der Waals surface area contributed by atoms with Crippen LogP contribution in [0, 0.1) is 5.92 Å². The van der Waals surface area contributed by atoms with Crippen LogP contribution >= 0.6 is 0 Å². The van der Waals surface area contributed by atoms with Gasteiger partial charge in [0.05, 0.1) is 6.54 Å². The molecule has 19 heavy (non-hydrogen) atoms. The van der Waals surface area contributed by atoms with Crippen molar-refractivity contribution in [1.82, 2.24) is 10.6 Å². The SMILES string of the molecule is CC(C)CNC(=O)CNC1CCc2cc(N)ccc21. The van der Waals surface area contributed by atoms with E-state index in [0.717, 1.165) is 25.1 Å². The molecule has 1 aromatic carbocycles. The number of hydrogen-bond donors (Lipinski definition) is 3. The highest BCUT2D eigenvalue weighted by Gasteiger charge is 2.22. The maximum Gasteiger partial charge on any atom is 0.233 e. The Morgan fingerprint density at radius 3 is 3.00 bits per heavy atom. The molecule has 0 saturated carbocycles. The van der Waals surface area contributed by atoms with Crippen LogP contribution in [-0.2, 0) is 11.2 Å². The van der Waals surface area contributed by atoms with Crippen molar-refractivity contribution >= 4 is 11.6 Å². The van der Waals surface area contributed by atoms with E-state index in [0.29, 0.717) is 12.5 Å². The largest absolute Gasteiger partial charge is 0.399 e. The van der Waals surface area contributed by atoms with E-state index in [1.165, 1.54) is 11.1 Å². The molecule has 1 unspecified atom stereocenters. The summed E-state index contributed by atoms with van der Waals surface area (Å²) in [6.07, 6.45) is 2.07. The van der Waals surface area contributed by atoms with E-state index in [4.69, 9.17) is 5.73 Å². The number of carbonyl (C=O) groups is 1. The Labute approximate surface area is 114 Å². The van der Waals surface area contributed by atoms with Gasteiger partial charge in [-0.1, -0.05) is 19.9 Å². The lowest BCUT2D eigenvalue weighted by molar-refractivity contribution is -0.120. The number of aryl methyl sites for hydroxylation is 1. The average Bonchev–Trinajstić information content (AvgIpc) is 2.76. The lowest BCUT2D eigenvalue weighted by Gasteiger charge is -2.14. The Balaban J connectivity index is 1.84. The molecule has 0 bridgehead atoms. The van der Waals surface area contributed by atoms with Crippen LogP contribution in [0.4, 0.5) is 5.69 Å². The quantitative estimate of drug-likeness (QED) is 0.706. The van der Waals surface area contributed by atoms with Gasteiger partial charge in [0, 0.05) is 18.3 Å². The van der Waals surface area contributed by atoms with Gasteiger partial charge in [0.25, 0.3) is 0 Å². The van der Waals surface area contributed by atoms with Gasteiger partial charge in [0.2, 0.25) is 5.91 Å². The van der Waals surface area contributed by atoms with Crippen molar-refractivity contribution in [1.29, 1.82) is 0 Å². The van der Waals surface area contributed by atoms with Crippen LogP contribution in [0.15, 0.2) is 18.2 Å². The molecule has 1 atom stereocenters. The van der Waals surface area contributed by atoms with Crippen molar-refractivity contribution in [2.75, 3.05) is 18.8 Å². The first-order chi connectivity index (χ1) is 9.06. The molecule has 4 N–H and O–H groups in total. The zero-order valence-electron chi connectivity index (χ0n) is 11.7. The van der Waals surface area contributed by atoms with E-state index in [1.807, 2.05) is 12.1 Å². The van der Waals surface area contributed by atoms with Gasteiger partial charge >= 0.3 is 0 Å². The van der Waals surface area contributed by atoms with Gasteiger partial charge < -0.3 is 16.4 Å². The number of carbonyl (C=O) groups excluding carboxylic acids is 1. The predicted octanol–water partition coefficient (Wildman–Crippen LogP) is 1.62. The highest BCUT2D eigenvalue weighted by molar-refractivity contribution is 5.78. The smallest absolute Gasteiger partial charge is 0.233 e. The van der Waals surface area contributed by atoms with Gasteiger partial charge in [-0.3, -0.25) is 4.79 Å². The van der Waals surface area contributed by atoms with E-state index < -0.39 is 0 Å². The third kappa shape index (κ3) is 3.70. The fourth-order valence-corrected chi connectivity index (χ4v) is 2.45. The minimum Gasteiger partial charge on any atom is -0.399 e. The highest BCUT2D eigenvalue weighted by atomic mass is 16.1. The maximum absolute atomic E-state index is 11.7. The average molecular weight is 261 g/mol. The topological polar surface area (TPSA) is 67.2 Å². The number of amides is 1. The van der Waals surface area contributed by atoms with Crippen molar-refractivity contribution in [2.45, 2.75) is 32.7 Å². The van der Waals surface area contributed by atoms with Crippen LogP contribution in [0.2, 0.25) is 0 Å². The first kappa shape index (κ1) is 13.9. The maximum atomic E-state index is 11.7. The lowest BCUT2D eigenvalue weighted by atomic mass is 10.1. The summed E-state index contributed by atoms with van der Waals surface area (Å²) < 4.78 is 0. The van der Waals surface area contributed by atoms with E-state index in [-0.39, 0.29) is 11.9 Å². The van der Waals surface area contributed by atoms with Gasteiger partial charge in [0.1, 0.15) is 0 Å². The Hall–Kier alpha value is -1.55. The first-order valence-electron chi connectivity index (χ1n) is 6.94. The van der Waals surface area contributed by atoms with E-state index in [9.17, 15) is 4.79 Å². The van der Waals surface area contributed by atoms with Crippen LogP contribution in [0.1, 0.15) is 37.4 Å². The zero-order chi connectivity index (χ0) is 13.8. The summed E-state index contributed by atoms with van der Waals surface area (Å²) in [5, 5.41) is 6.25. The van der Waals surface area contributed by atoms with Gasteiger partial charge in [-0.05, 0) is 42.0 Å². The van der Waals surface area contributed by atoms with Gasteiger partial charge in [-0.15, -0.1) is 0 Å². The van der Waals surface area contributed by atoms with Crippen LogP contribution in [0.5, 0.6) is 0 Å². The summed E-state index contributed by atoms with van der Waals surface area (Å²) in [5.74, 6) is 0.553. The molecule has 1 amide bonds. The summed E-state index contributed by atoms with van der Waals surface area (Å²) >= 11 is 0. The molecule has 0 heterocycles. The normalized spacial score (nSPS) is 17.5. The Morgan fingerprint density at radius 2 is 2.26 bits per heavy atom. The highest BCUT2D eigenvalue weighted by Crippen LogP contribution is 2.31. The minimum absolute atomic E-state index is 0.0672. The molecule has 104 valence electrons. The van der Waals surface area contributed by atoms with Crippen LogP contribution in [0.3, 0.4) is 0 Å². The summed E-state index contributed by atoms with van der Waals surface area (Å²) in [4.78, 5) is 11.7. The molecule has 4 heteroatoms. The second kappa shape index (κ2) is 6.06. The lowest BCUT2D eigenvalue weighted by Crippen LogP contribution is -2.36. The molecule has 0 aliphatic heterocycles. The van der Waals surface area contributed by atoms with Crippen molar-refractivity contribution < 1.29 is 4.79 Å². The molecule has 0 radical (unpaired) electrons. The molecule has 0 spiro atoms. The minimum atomic E-state index is 0.0672. The zero-order valence-corrected chi connectivity index (χ0v) is 11.7. The number of nitrogens with one attached hydrogen (secondary N) is 2. The fraction of sp³-hybridized carbons (Fsp3) is 0.533. The third-order valence-corrected chi connectivity index (χ3v) is 3.46. The first-order valence-corrected chi connectivity index (χ1v) is 6.94. The molecule has 1 aliphatic rings. The summed E-state index contributed by atoms with van der Waals surface area (Å²) in [6, 6.07) is 6.31. The van der Waals surface area contributed by atoms with E-state index >= 15 is 0 Å². The summed E-state index contributed by atoms with van der Waals surface area (Å²) in [6.45, 7) is 5.29. The number of rotatable bonds is 5. The van der Waals surface area contributed by atoms with Crippen LogP contribution in [0.25, 0.3) is 0 Å².